The Balaban J connectivity index is 0.000000260. The zero-order valence-corrected chi connectivity index (χ0v) is 17.4. The Labute approximate surface area is 164 Å². The van der Waals surface area contributed by atoms with Gasteiger partial charge in [-0.15, -0.1) is 0 Å². The summed E-state index contributed by atoms with van der Waals surface area (Å²) in [4.78, 5) is 10.3. The van der Waals surface area contributed by atoms with Crippen LogP contribution in [0, 0.1) is 23.2 Å². The van der Waals surface area contributed by atoms with E-state index in [0.717, 1.165) is 31.6 Å². The average Bonchev–Trinajstić information content (AvgIpc) is 2.89. The fourth-order valence-corrected chi connectivity index (χ4v) is 6.12. The SMILES string of the molecule is CC(=O)CC(C)C.C[C@]12CC[C@@H]3c4ccc(O)cc4CC[C@H]3[C@@H]1CC[C@@H]2O. The zero-order valence-electron chi connectivity index (χ0n) is 17.4. The zero-order chi connectivity index (χ0) is 19.8. The highest BCUT2D eigenvalue weighted by Gasteiger charge is 2.54. The smallest absolute Gasteiger partial charge is 0.130 e. The fourth-order valence-electron chi connectivity index (χ4n) is 6.12. The first-order valence-electron chi connectivity index (χ1n) is 10.7. The predicted octanol–water partition coefficient (Wildman–Crippen LogP) is 5.23. The van der Waals surface area contributed by atoms with Crippen LogP contribution in [-0.2, 0) is 11.2 Å². The van der Waals surface area contributed by atoms with Gasteiger partial charge in [0.15, 0.2) is 0 Å². The first-order valence-corrected chi connectivity index (χ1v) is 10.7. The van der Waals surface area contributed by atoms with Crippen LogP contribution < -0.4 is 0 Å². The number of aryl methyl sites for hydroxylation is 1. The maximum Gasteiger partial charge on any atom is 0.130 e. The average molecular weight is 373 g/mol. The largest absolute Gasteiger partial charge is 0.508 e. The van der Waals surface area contributed by atoms with Gasteiger partial charge in [0.25, 0.3) is 0 Å². The lowest BCUT2D eigenvalue weighted by Gasteiger charge is -2.50. The summed E-state index contributed by atoms with van der Waals surface area (Å²) >= 11 is 0. The molecule has 3 heteroatoms. The van der Waals surface area contributed by atoms with Gasteiger partial charge in [-0.05, 0) is 97.8 Å². The number of rotatable bonds is 2. The molecular weight excluding hydrogens is 336 g/mol. The van der Waals surface area contributed by atoms with E-state index < -0.39 is 0 Å². The number of aromatic hydroxyl groups is 1. The lowest BCUT2D eigenvalue weighted by atomic mass is 9.55. The fraction of sp³-hybridized carbons (Fsp3) is 0.708. The molecule has 0 saturated heterocycles. The molecule has 3 nitrogen and oxygen atoms in total. The number of carbonyl (C=O) groups is 1. The molecular formula is C24H36O3. The van der Waals surface area contributed by atoms with Crippen molar-refractivity contribution in [1.82, 2.24) is 0 Å². The Hall–Kier alpha value is -1.35. The van der Waals surface area contributed by atoms with E-state index in [4.69, 9.17) is 0 Å². The number of aliphatic hydroxyl groups excluding tert-OH is 1. The summed E-state index contributed by atoms with van der Waals surface area (Å²) < 4.78 is 0. The number of hydrogen-bond acceptors (Lipinski definition) is 3. The van der Waals surface area contributed by atoms with E-state index >= 15 is 0 Å². The number of carbonyl (C=O) groups excluding carboxylic acids is 1. The van der Waals surface area contributed by atoms with Crippen molar-refractivity contribution in [2.45, 2.75) is 84.7 Å². The van der Waals surface area contributed by atoms with E-state index in [1.807, 2.05) is 26.0 Å². The minimum absolute atomic E-state index is 0.0883. The highest BCUT2D eigenvalue weighted by molar-refractivity contribution is 5.75. The quantitative estimate of drug-likeness (QED) is 0.747. The van der Waals surface area contributed by atoms with Gasteiger partial charge in [-0.3, -0.25) is 0 Å². The molecule has 0 aliphatic heterocycles. The summed E-state index contributed by atoms with van der Waals surface area (Å²) in [6, 6.07) is 5.96. The summed E-state index contributed by atoms with van der Waals surface area (Å²) in [5.74, 6) is 3.30. The standard InChI is InChI=1S/C18H24O2.C6H12O/c1-18-9-8-14-13-5-3-12(19)10-11(13)2-4-15(14)16(18)6-7-17(18)20;1-5(2)4-6(3)7/h3,5,10,14-17,19-20H,2,4,6-9H2,1H3;5H,4H2,1-3H3/t14-,15-,16+,17+,18+;/m1./s1. The second-order valence-electron chi connectivity index (χ2n) is 9.74. The Morgan fingerprint density at radius 2 is 1.96 bits per heavy atom. The molecule has 3 aliphatic carbocycles. The van der Waals surface area contributed by atoms with E-state index in [1.54, 1.807) is 6.92 Å². The Kier molecular flexibility index (Phi) is 6.00. The number of phenols is 1. The Morgan fingerprint density at radius 3 is 2.59 bits per heavy atom. The van der Waals surface area contributed by atoms with Gasteiger partial charge in [0, 0.05) is 6.42 Å². The minimum Gasteiger partial charge on any atom is -0.508 e. The molecule has 0 spiro atoms. The van der Waals surface area contributed by atoms with Crippen LogP contribution in [0.25, 0.3) is 0 Å². The number of benzene rings is 1. The number of Topliss-reactive ketones (excluding diaryl/α,β-unsaturated/α-hetero) is 1. The number of fused-ring (bicyclic) bond motifs is 5. The molecule has 0 aromatic heterocycles. The monoisotopic (exact) mass is 372 g/mol. The molecule has 0 bridgehead atoms. The molecule has 0 heterocycles. The van der Waals surface area contributed by atoms with Gasteiger partial charge in [-0.25, -0.2) is 0 Å². The third-order valence-corrected chi connectivity index (χ3v) is 7.36. The van der Waals surface area contributed by atoms with Crippen LogP contribution >= 0.6 is 0 Å². The molecule has 0 unspecified atom stereocenters. The maximum absolute atomic E-state index is 10.4. The number of aliphatic hydroxyl groups is 1. The summed E-state index contributed by atoms with van der Waals surface area (Å²) in [6.45, 7) is 8.03. The second kappa shape index (κ2) is 7.95. The molecule has 1 aromatic rings. The van der Waals surface area contributed by atoms with Crippen LogP contribution in [-0.4, -0.2) is 22.1 Å². The molecule has 0 radical (unpaired) electrons. The molecule has 4 rings (SSSR count). The summed E-state index contributed by atoms with van der Waals surface area (Å²) in [5.41, 5.74) is 2.99. The van der Waals surface area contributed by atoms with Crippen LogP contribution in [0.3, 0.4) is 0 Å². The van der Waals surface area contributed by atoms with Crippen LogP contribution in [0.4, 0.5) is 0 Å². The van der Waals surface area contributed by atoms with Gasteiger partial charge in [0.1, 0.15) is 11.5 Å². The van der Waals surface area contributed by atoms with Gasteiger partial charge in [-0.1, -0.05) is 26.8 Å². The van der Waals surface area contributed by atoms with E-state index in [2.05, 4.69) is 13.0 Å². The van der Waals surface area contributed by atoms with Crippen LogP contribution in [0.2, 0.25) is 0 Å². The van der Waals surface area contributed by atoms with E-state index in [0.29, 0.717) is 23.5 Å². The van der Waals surface area contributed by atoms with Crippen molar-refractivity contribution in [3.63, 3.8) is 0 Å². The maximum atomic E-state index is 10.4. The summed E-state index contributed by atoms with van der Waals surface area (Å²) in [7, 11) is 0. The third kappa shape index (κ3) is 4.08. The predicted molar refractivity (Wildman–Crippen MR) is 109 cm³/mol. The van der Waals surface area contributed by atoms with Gasteiger partial charge in [0.05, 0.1) is 6.10 Å². The molecule has 2 N–H and O–H groups in total. The molecule has 0 amide bonds. The van der Waals surface area contributed by atoms with Crippen LogP contribution in [0.1, 0.15) is 83.3 Å². The minimum atomic E-state index is -0.0883. The van der Waals surface area contributed by atoms with Crippen molar-refractivity contribution < 1.29 is 15.0 Å². The van der Waals surface area contributed by atoms with Crippen molar-refractivity contribution >= 4 is 5.78 Å². The molecule has 5 atom stereocenters. The van der Waals surface area contributed by atoms with Crippen molar-refractivity contribution in [3.8, 4) is 5.75 Å². The third-order valence-electron chi connectivity index (χ3n) is 7.36. The molecule has 3 aliphatic rings. The highest BCUT2D eigenvalue weighted by Crippen LogP contribution is 2.60. The van der Waals surface area contributed by atoms with Crippen molar-refractivity contribution in [1.29, 1.82) is 0 Å². The lowest BCUT2D eigenvalue weighted by Crippen LogP contribution is -2.43. The first-order chi connectivity index (χ1) is 12.7. The Bertz CT molecular complexity index is 680. The second-order valence-corrected chi connectivity index (χ2v) is 9.74. The molecule has 150 valence electrons. The number of ketones is 1. The highest BCUT2D eigenvalue weighted by atomic mass is 16.3. The van der Waals surface area contributed by atoms with Gasteiger partial charge in [-0.2, -0.15) is 0 Å². The first kappa shape index (κ1) is 20.4. The molecule has 27 heavy (non-hydrogen) atoms. The van der Waals surface area contributed by atoms with Crippen molar-refractivity contribution in [2.75, 3.05) is 0 Å². The van der Waals surface area contributed by atoms with Crippen LogP contribution in [0.5, 0.6) is 5.75 Å². The van der Waals surface area contributed by atoms with Crippen molar-refractivity contribution in [2.24, 2.45) is 23.2 Å². The lowest BCUT2D eigenvalue weighted by molar-refractivity contribution is -0.117. The van der Waals surface area contributed by atoms with E-state index in [9.17, 15) is 15.0 Å². The normalized spacial score (nSPS) is 34.1. The van der Waals surface area contributed by atoms with E-state index in [-0.39, 0.29) is 17.3 Å². The van der Waals surface area contributed by atoms with E-state index in [1.165, 1.54) is 30.4 Å². The summed E-state index contributed by atoms with van der Waals surface area (Å²) in [6.07, 6.45) is 7.50. The van der Waals surface area contributed by atoms with Gasteiger partial charge < -0.3 is 15.0 Å². The number of phenolic OH excluding ortho intramolecular Hbond substituents is 1. The van der Waals surface area contributed by atoms with Crippen LogP contribution in [0.15, 0.2) is 18.2 Å². The Morgan fingerprint density at radius 1 is 1.22 bits per heavy atom. The molecule has 2 fully saturated rings. The van der Waals surface area contributed by atoms with Crippen molar-refractivity contribution in [3.05, 3.63) is 29.3 Å². The van der Waals surface area contributed by atoms with Gasteiger partial charge >= 0.3 is 0 Å². The summed E-state index contributed by atoms with van der Waals surface area (Å²) in [5, 5.41) is 20.0. The molecule has 1 aromatic carbocycles. The molecule has 2 saturated carbocycles. The topological polar surface area (TPSA) is 57.5 Å². The van der Waals surface area contributed by atoms with Gasteiger partial charge in [0.2, 0.25) is 0 Å². The number of hydrogen-bond donors (Lipinski definition) is 2.